The molecule has 1 atom stereocenters. The molecule has 0 aliphatic rings. The van der Waals surface area contributed by atoms with E-state index < -0.39 is 11.6 Å². The molecule has 0 aliphatic heterocycles. The zero-order chi connectivity index (χ0) is 9.84. The van der Waals surface area contributed by atoms with Gasteiger partial charge in [0.25, 0.3) is 0 Å². The number of halogens is 3. The largest absolute Gasteiger partial charge is 0.489 e. The Hall–Kier alpha value is -0.870. The maximum absolute atomic E-state index is 12.9. The smallest absolute Gasteiger partial charge is 0.165 e. The number of benzene rings is 1. The normalized spacial score (nSPS) is 11.7. The van der Waals surface area contributed by atoms with E-state index in [0.717, 1.165) is 18.2 Å². The molecule has 2 nitrogen and oxygen atoms in total. The minimum Gasteiger partial charge on any atom is -0.489 e. The predicted molar refractivity (Wildman–Crippen MR) is 52.8 cm³/mol. The van der Waals surface area contributed by atoms with Crippen LogP contribution in [0.4, 0.5) is 8.78 Å². The summed E-state index contributed by atoms with van der Waals surface area (Å²) in [6.07, 6.45) is 0. The van der Waals surface area contributed by atoms with Crippen molar-refractivity contribution in [2.75, 3.05) is 6.61 Å². The minimum atomic E-state index is -0.581. The molecule has 0 amide bonds. The van der Waals surface area contributed by atoms with Crippen molar-refractivity contribution < 1.29 is 13.5 Å². The van der Waals surface area contributed by atoms with Crippen LogP contribution in [0, 0.1) is 11.6 Å². The molecule has 0 saturated heterocycles. The Balaban J connectivity index is 0.00000169. The minimum absolute atomic E-state index is 0. The highest BCUT2D eigenvalue weighted by Gasteiger charge is 2.05. The SMILES string of the molecule is C[C@@H](N)COc1cc(F)ccc1F.Cl. The zero-order valence-corrected chi connectivity index (χ0v) is 8.48. The highest BCUT2D eigenvalue weighted by molar-refractivity contribution is 5.85. The van der Waals surface area contributed by atoms with Crippen molar-refractivity contribution in [2.45, 2.75) is 13.0 Å². The molecular formula is C9H12ClF2NO. The molecule has 1 aromatic rings. The third-order valence-electron chi connectivity index (χ3n) is 1.39. The Morgan fingerprint density at radius 1 is 1.43 bits per heavy atom. The van der Waals surface area contributed by atoms with Crippen molar-refractivity contribution in [1.29, 1.82) is 0 Å². The van der Waals surface area contributed by atoms with Gasteiger partial charge < -0.3 is 10.5 Å². The molecule has 0 bridgehead atoms. The average Bonchev–Trinajstić information content (AvgIpc) is 2.06. The molecule has 0 fully saturated rings. The van der Waals surface area contributed by atoms with Crippen LogP contribution in [-0.2, 0) is 0 Å². The van der Waals surface area contributed by atoms with Gasteiger partial charge in [-0.25, -0.2) is 8.78 Å². The fourth-order valence-electron chi connectivity index (χ4n) is 0.809. The van der Waals surface area contributed by atoms with Gasteiger partial charge in [-0.05, 0) is 19.1 Å². The van der Waals surface area contributed by atoms with Gasteiger partial charge >= 0.3 is 0 Å². The summed E-state index contributed by atoms with van der Waals surface area (Å²) in [7, 11) is 0. The van der Waals surface area contributed by atoms with Gasteiger partial charge in [-0.3, -0.25) is 0 Å². The first-order chi connectivity index (χ1) is 6.09. The first kappa shape index (κ1) is 13.1. The second-order valence-corrected chi connectivity index (χ2v) is 2.86. The molecule has 1 aromatic carbocycles. The van der Waals surface area contributed by atoms with Gasteiger partial charge in [0.2, 0.25) is 0 Å². The van der Waals surface area contributed by atoms with Crippen LogP contribution >= 0.6 is 12.4 Å². The van der Waals surface area contributed by atoms with Gasteiger partial charge in [-0.15, -0.1) is 12.4 Å². The summed E-state index contributed by atoms with van der Waals surface area (Å²) in [5.74, 6) is -1.21. The van der Waals surface area contributed by atoms with Crippen molar-refractivity contribution >= 4 is 12.4 Å². The van der Waals surface area contributed by atoms with E-state index in [-0.39, 0.29) is 30.8 Å². The summed E-state index contributed by atoms with van der Waals surface area (Å²) in [5.41, 5.74) is 5.39. The molecule has 2 N–H and O–H groups in total. The Labute approximate surface area is 87.5 Å². The summed E-state index contributed by atoms with van der Waals surface area (Å²) >= 11 is 0. The summed E-state index contributed by atoms with van der Waals surface area (Å²) in [5, 5.41) is 0. The highest BCUT2D eigenvalue weighted by Crippen LogP contribution is 2.17. The number of rotatable bonds is 3. The van der Waals surface area contributed by atoms with Crippen molar-refractivity contribution in [2.24, 2.45) is 5.73 Å². The van der Waals surface area contributed by atoms with Crippen LogP contribution in [0.2, 0.25) is 0 Å². The van der Waals surface area contributed by atoms with Gasteiger partial charge in [-0.1, -0.05) is 0 Å². The van der Waals surface area contributed by atoms with Gasteiger partial charge in [0.15, 0.2) is 11.6 Å². The van der Waals surface area contributed by atoms with Crippen LogP contribution < -0.4 is 10.5 Å². The molecule has 5 heteroatoms. The number of nitrogens with two attached hydrogens (primary N) is 1. The molecule has 1 rings (SSSR count). The number of hydrogen-bond donors (Lipinski definition) is 1. The zero-order valence-electron chi connectivity index (χ0n) is 7.67. The lowest BCUT2D eigenvalue weighted by atomic mass is 10.3. The van der Waals surface area contributed by atoms with Crippen LogP contribution in [0.25, 0.3) is 0 Å². The Morgan fingerprint density at radius 2 is 2.07 bits per heavy atom. The summed E-state index contributed by atoms with van der Waals surface area (Å²) in [6, 6.07) is 2.85. The fourth-order valence-corrected chi connectivity index (χ4v) is 0.809. The van der Waals surface area contributed by atoms with E-state index in [2.05, 4.69) is 0 Å². The van der Waals surface area contributed by atoms with Crippen molar-refractivity contribution in [3.8, 4) is 5.75 Å². The molecule has 0 spiro atoms. The molecule has 0 heterocycles. The maximum atomic E-state index is 12.9. The Kier molecular flexibility index (Phi) is 5.42. The Bertz CT molecular complexity index is 294. The lowest BCUT2D eigenvalue weighted by molar-refractivity contribution is 0.281. The summed E-state index contributed by atoms with van der Waals surface area (Å²) in [4.78, 5) is 0. The van der Waals surface area contributed by atoms with E-state index in [0.29, 0.717) is 0 Å². The third kappa shape index (κ3) is 3.89. The molecule has 0 radical (unpaired) electrons. The standard InChI is InChI=1S/C9H11F2NO.ClH/c1-6(12)5-13-9-4-7(10)2-3-8(9)11;/h2-4,6H,5,12H2,1H3;1H/t6-;/m1./s1. The first-order valence-corrected chi connectivity index (χ1v) is 3.93. The predicted octanol–water partition coefficient (Wildman–Crippen LogP) is 2.11. The van der Waals surface area contributed by atoms with Crippen molar-refractivity contribution in [3.63, 3.8) is 0 Å². The van der Waals surface area contributed by atoms with Gasteiger partial charge in [0.05, 0.1) is 0 Å². The maximum Gasteiger partial charge on any atom is 0.165 e. The van der Waals surface area contributed by atoms with Gasteiger partial charge in [-0.2, -0.15) is 0 Å². The Morgan fingerprint density at radius 3 is 2.64 bits per heavy atom. The molecule has 0 saturated carbocycles. The fraction of sp³-hybridized carbons (Fsp3) is 0.333. The molecular weight excluding hydrogens is 212 g/mol. The van der Waals surface area contributed by atoms with E-state index in [4.69, 9.17) is 10.5 Å². The number of ether oxygens (including phenoxy) is 1. The van der Waals surface area contributed by atoms with Crippen LogP contribution in [0.3, 0.4) is 0 Å². The number of hydrogen-bond acceptors (Lipinski definition) is 2. The van der Waals surface area contributed by atoms with Crippen LogP contribution in [-0.4, -0.2) is 12.6 Å². The van der Waals surface area contributed by atoms with E-state index in [1.165, 1.54) is 0 Å². The highest BCUT2D eigenvalue weighted by atomic mass is 35.5. The van der Waals surface area contributed by atoms with E-state index >= 15 is 0 Å². The average molecular weight is 224 g/mol. The van der Waals surface area contributed by atoms with E-state index in [9.17, 15) is 8.78 Å². The third-order valence-corrected chi connectivity index (χ3v) is 1.39. The van der Waals surface area contributed by atoms with Crippen molar-refractivity contribution in [3.05, 3.63) is 29.8 Å². The second-order valence-electron chi connectivity index (χ2n) is 2.86. The molecule has 0 aliphatic carbocycles. The lowest BCUT2D eigenvalue weighted by Gasteiger charge is -2.09. The monoisotopic (exact) mass is 223 g/mol. The van der Waals surface area contributed by atoms with Crippen LogP contribution in [0.1, 0.15) is 6.92 Å². The lowest BCUT2D eigenvalue weighted by Crippen LogP contribution is -2.23. The van der Waals surface area contributed by atoms with Crippen LogP contribution in [0.5, 0.6) is 5.75 Å². The molecule has 80 valence electrons. The quantitative estimate of drug-likeness (QED) is 0.852. The van der Waals surface area contributed by atoms with Crippen LogP contribution in [0.15, 0.2) is 18.2 Å². The summed E-state index contributed by atoms with van der Waals surface area (Å²) < 4.78 is 30.4. The topological polar surface area (TPSA) is 35.2 Å². The molecule has 0 aromatic heterocycles. The second kappa shape index (κ2) is 5.78. The summed E-state index contributed by atoms with van der Waals surface area (Å²) in [6.45, 7) is 1.89. The first-order valence-electron chi connectivity index (χ1n) is 3.93. The molecule has 14 heavy (non-hydrogen) atoms. The van der Waals surface area contributed by atoms with E-state index in [1.54, 1.807) is 6.92 Å². The molecule has 0 unspecified atom stereocenters. The van der Waals surface area contributed by atoms with Gasteiger partial charge in [0, 0.05) is 12.1 Å². The van der Waals surface area contributed by atoms with Crippen molar-refractivity contribution in [1.82, 2.24) is 0 Å². The van der Waals surface area contributed by atoms with E-state index in [1.807, 2.05) is 0 Å². The van der Waals surface area contributed by atoms with Gasteiger partial charge in [0.1, 0.15) is 12.4 Å².